The highest BCUT2D eigenvalue weighted by Gasteiger charge is 2.26. The van der Waals surface area contributed by atoms with Gasteiger partial charge >= 0.3 is 6.09 Å². The van der Waals surface area contributed by atoms with Crippen LogP contribution in [0.4, 0.5) is 4.79 Å². The molecule has 1 aromatic rings. The van der Waals surface area contributed by atoms with Crippen molar-refractivity contribution in [3.8, 4) is 0 Å². The number of ether oxygens (including phenoxy) is 1. The maximum absolute atomic E-state index is 12.0. The SMILES string of the molecule is CC(C)(C)OC(=O)N[C@H]1CCC(c2ccccc2)=NNC1=O. The van der Waals surface area contributed by atoms with Crippen LogP contribution in [0, 0.1) is 0 Å². The number of amides is 2. The quantitative estimate of drug-likeness (QED) is 0.879. The highest BCUT2D eigenvalue weighted by molar-refractivity contribution is 6.02. The zero-order chi connectivity index (χ0) is 16.2. The summed E-state index contributed by atoms with van der Waals surface area (Å²) in [6.07, 6.45) is 0.456. The Hall–Kier alpha value is -2.37. The van der Waals surface area contributed by atoms with Crippen molar-refractivity contribution in [2.45, 2.75) is 45.3 Å². The Kier molecular flexibility index (Phi) is 4.80. The van der Waals surface area contributed by atoms with Gasteiger partial charge in [0.25, 0.3) is 5.91 Å². The molecular weight excluding hydrogens is 282 g/mol. The third kappa shape index (κ3) is 4.58. The summed E-state index contributed by atoms with van der Waals surface area (Å²) in [5.74, 6) is -0.336. The average molecular weight is 303 g/mol. The molecule has 0 unspecified atom stereocenters. The molecule has 6 nitrogen and oxygen atoms in total. The monoisotopic (exact) mass is 303 g/mol. The summed E-state index contributed by atoms with van der Waals surface area (Å²) in [4.78, 5) is 23.8. The van der Waals surface area contributed by atoms with Crippen LogP contribution in [0.25, 0.3) is 0 Å². The molecule has 0 aromatic heterocycles. The van der Waals surface area contributed by atoms with Gasteiger partial charge in [-0.1, -0.05) is 30.3 Å². The Balaban J connectivity index is 1.99. The maximum Gasteiger partial charge on any atom is 0.408 e. The number of carbonyl (C=O) groups is 2. The van der Waals surface area contributed by atoms with Gasteiger partial charge in [0.1, 0.15) is 11.6 Å². The molecule has 1 atom stereocenters. The van der Waals surface area contributed by atoms with E-state index in [1.54, 1.807) is 20.8 Å². The van der Waals surface area contributed by atoms with Gasteiger partial charge in [-0.15, -0.1) is 0 Å². The van der Waals surface area contributed by atoms with Crippen molar-refractivity contribution < 1.29 is 14.3 Å². The molecule has 2 rings (SSSR count). The molecule has 1 aliphatic rings. The Labute approximate surface area is 129 Å². The summed E-state index contributed by atoms with van der Waals surface area (Å²) in [7, 11) is 0. The number of alkyl carbamates (subject to hydrolysis) is 1. The topological polar surface area (TPSA) is 79.8 Å². The second-order valence-electron chi connectivity index (χ2n) is 6.14. The molecule has 6 heteroatoms. The van der Waals surface area contributed by atoms with Crippen LogP contribution in [0.2, 0.25) is 0 Å². The lowest BCUT2D eigenvalue weighted by atomic mass is 10.0. The van der Waals surface area contributed by atoms with Gasteiger partial charge in [0, 0.05) is 0 Å². The van der Waals surface area contributed by atoms with Gasteiger partial charge in [0.15, 0.2) is 0 Å². The Bertz CT molecular complexity index is 576. The highest BCUT2D eigenvalue weighted by Crippen LogP contribution is 2.12. The first-order valence-corrected chi connectivity index (χ1v) is 7.26. The van der Waals surface area contributed by atoms with E-state index in [2.05, 4.69) is 15.8 Å². The van der Waals surface area contributed by atoms with E-state index in [4.69, 9.17) is 4.74 Å². The van der Waals surface area contributed by atoms with Crippen LogP contribution >= 0.6 is 0 Å². The van der Waals surface area contributed by atoms with Crippen LogP contribution in [0.3, 0.4) is 0 Å². The lowest BCUT2D eigenvalue weighted by Gasteiger charge is -2.22. The van der Waals surface area contributed by atoms with Crippen molar-refractivity contribution in [3.63, 3.8) is 0 Å². The average Bonchev–Trinajstić information content (AvgIpc) is 2.61. The van der Waals surface area contributed by atoms with E-state index in [0.717, 1.165) is 11.3 Å². The van der Waals surface area contributed by atoms with Crippen molar-refractivity contribution in [3.05, 3.63) is 35.9 Å². The Morgan fingerprint density at radius 1 is 1.32 bits per heavy atom. The van der Waals surface area contributed by atoms with Crippen LogP contribution in [0.5, 0.6) is 0 Å². The minimum absolute atomic E-state index is 0.336. The molecule has 118 valence electrons. The smallest absolute Gasteiger partial charge is 0.408 e. The molecule has 0 saturated heterocycles. The summed E-state index contributed by atoms with van der Waals surface area (Å²) in [6.45, 7) is 5.32. The fourth-order valence-corrected chi connectivity index (χ4v) is 2.10. The molecule has 0 radical (unpaired) electrons. The first kappa shape index (κ1) is 16.0. The van der Waals surface area contributed by atoms with Gasteiger partial charge in [0.05, 0.1) is 5.71 Å². The first-order valence-electron chi connectivity index (χ1n) is 7.26. The summed E-state index contributed by atoms with van der Waals surface area (Å²) >= 11 is 0. The number of hydrazone groups is 1. The molecule has 0 spiro atoms. The molecule has 2 N–H and O–H groups in total. The largest absolute Gasteiger partial charge is 0.444 e. The van der Waals surface area contributed by atoms with E-state index in [1.807, 2.05) is 30.3 Å². The lowest BCUT2D eigenvalue weighted by molar-refractivity contribution is -0.123. The zero-order valence-electron chi connectivity index (χ0n) is 13.1. The minimum Gasteiger partial charge on any atom is -0.444 e. The lowest BCUT2D eigenvalue weighted by Crippen LogP contribution is -2.46. The molecule has 0 saturated carbocycles. The standard InChI is InChI=1S/C16H21N3O3/c1-16(2,3)22-15(21)17-13-10-9-12(18-19-14(13)20)11-7-5-4-6-8-11/h4-8,13H,9-10H2,1-3H3,(H,17,21)(H,19,20)/t13-/m0/s1. The van der Waals surface area contributed by atoms with Gasteiger partial charge in [-0.05, 0) is 39.2 Å². The molecule has 0 bridgehead atoms. The molecule has 2 amide bonds. The third-order valence-corrected chi connectivity index (χ3v) is 3.09. The van der Waals surface area contributed by atoms with Crippen LogP contribution in [-0.4, -0.2) is 29.4 Å². The minimum atomic E-state index is -0.653. The Morgan fingerprint density at radius 2 is 2.00 bits per heavy atom. The first-order chi connectivity index (χ1) is 10.3. The summed E-state index contributed by atoms with van der Waals surface area (Å²) < 4.78 is 5.17. The van der Waals surface area contributed by atoms with Crippen molar-refractivity contribution in [1.82, 2.24) is 10.7 Å². The van der Waals surface area contributed by atoms with Crippen LogP contribution < -0.4 is 10.7 Å². The summed E-state index contributed by atoms with van der Waals surface area (Å²) in [5.41, 5.74) is 3.64. The normalized spacial score (nSPS) is 18.8. The number of hydrogen-bond donors (Lipinski definition) is 2. The van der Waals surface area contributed by atoms with Crippen LogP contribution in [-0.2, 0) is 9.53 Å². The van der Waals surface area contributed by atoms with E-state index in [1.165, 1.54) is 0 Å². The number of hydrogen-bond acceptors (Lipinski definition) is 4. The fraction of sp³-hybridized carbons (Fsp3) is 0.438. The Morgan fingerprint density at radius 3 is 2.64 bits per heavy atom. The number of benzene rings is 1. The summed E-state index contributed by atoms with van der Waals surface area (Å²) in [6, 6.07) is 8.98. The third-order valence-electron chi connectivity index (χ3n) is 3.09. The zero-order valence-corrected chi connectivity index (χ0v) is 13.1. The van der Waals surface area contributed by atoms with E-state index in [-0.39, 0.29) is 5.91 Å². The number of rotatable bonds is 2. The molecule has 1 heterocycles. The van der Waals surface area contributed by atoms with Gasteiger partial charge in [-0.2, -0.15) is 5.10 Å². The fourth-order valence-electron chi connectivity index (χ4n) is 2.10. The van der Waals surface area contributed by atoms with Gasteiger partial charge in [-0.3, -0.25) is 4.79 Å². The summed E-state index contributed by atoms with van der Waals surface area (Å²) in [5, 5.41) is 6.72. The maximum atomic E-state index is 12.0. The van der Waals surface area contributed by atoms with Crippen molar-refractivity contribution >= 4 is 17.7 Å². The van der Waals surface area contributed by atoms with E-state index >= 15 is 0 Å². The molecule has 1 aromatic carbocycles. The van der Waals surface area contributed by atoms with E-state index in [9.17, 15) is 9.59 Å². The predicted octanol–water partition coefficient (Wildman–Crippen LogP) is 2.19. The van der Waals surface area contributed by atoms with Crippen LogP contribution in [0.15, 0.2) is 35.4 Å². The predicted molar refractivity (Wildman–Crippen MR) is 83.5 cm³/mol. The molecule has 0 aliphatic carbocycles. The molecule has 0 fully saturated rings. The van der Waals surface area contributed by atoms with Gasteiger partial charge in [0.2, 0.25) is 0 Å². The van der Waals surface area contributed by atoms with E-state index in [0.29, 0.717) is 12.8 Å². The van der Waals surface area contributed by atoms with Crippen molar-refractivity contribution in [2.24, 2.45) is 5.10 Å². The second-order valence-corrected chi connectivity index (χ2v) is 6.14. The number of nitrogens with one attached hydrogen (secondary N) is 2. The molecule has 22 heavy (non-hydrogen) atoms. The highest BCUT2D eigenvalue weighted by atomic mass is 16.6. The van der Waals surface area contributed by atoms with Gasteiger partial charge in [-0.25, -0.2) is 10.2 Å². The van der Waals surface area contributed by atoms with Crippen molar-refractivity contribution in [1.29, 1.82) is 0 Å². The molecular formula is C16H21N3O3. The van der Waals surface area contributed by atoms with Gasteiger partial charge < -0.3 is 10.1 Å². The van der Waals surface area contributed by atoms with Crippen LogP contribution in [0.1, 0.15) is 39.2 Å². The molecule has 1 aliphatic heterocycles. The number of carbonyl (C=O) groups excluding carboxylic acids is 2. The van der Waals surface area contributed by atoms with E-state index < -0.39 is 17.7 Å². The number of nitrogens with zero attached hydrogens (tertiary/aromatic N) is 1. The van der Waals surface area contributed by atoms with Crippen molar-refractivity contribution in [2.75, 3.05) is 0 Å². The second kappa shape index (κ2) is 6.60.